The van der Waals surface area contributed by atoms with E-state index >= 15 is 0 Å². The summed E-state index contributed by atoms with van der Waals surface area (Å²) in [6, 6.07) is 0. The van der Waals surface area contributed by atoms with Gasteiger partial charge in [-0.1, -0.05) is 15.9 Å². The third-order valence-corrected chi connectivity index (χ3v) is 2.21. The van der Waals surface area contributed by atoms with Gasteiger partial charge in [-0.2, -0.15) is 0 Å². The first-order valence-corrected chi connectivity index (χ1v) is 5.07. The van der Waals surface area contributed by atoms with Crippen molar-refractivity contribution in [3.63, 3.8) is 0 Å². The number of ether oxygens (including phenoxy) is 2. The number of pyridine rings is 1. The lowest BCUT2D eigenvalue weighted by Gasteiger charge is -2.14. The third-order valence-electron chi connectivity index (χ3n) is 1.60. The normalized spacial score (nSPS) is 11.3. The summed E-state index contributed by atoms with van der Waals surface area (Å²) in [4.78, 5) is 3.61. The van der Waals surface area contributed by atoms with Crippen LogP contribution in [0.3, 0.4) is 0 Å². The van der Waals surface area contributed by atoms with E-state index in [4.69, 9.17) is 0 Å². The van der Waals surface area contributed by atoms with Gasteiger partial charge in [0.2, 0.25) is 5.75 Å². The van der Waals surface area contributed by atoms with Crippen LogP contribution < -0.4 is 9.47 Å². The van der Waals surface area contributed by atoms with Crippen molar-refractivity contribution in [2.75, 3.05) is 7.11 Å². The van der Waals surface area contributed by atoms with E-state index in [-0.39, 0.29) is 16.8 Å². The highest BCUT2D eigenvalue weighted by Gasteiger charge is 2.34. The molecule has 0 radical (unpaired) electrons. The summed E-state index contributed by atoms with van der Waals surface area (Å²) < 4.78 is 44.5. The Labute approximate surface area is 97.1 Å². The molecule has 0 unspecified atom stereocenters. The number of halogens is 4. The molecule has 0 atom stereocenters. The third kappa shape index (κ3) is 2.91. The average molecular weight is 302 g/mol. The van der Waals surface area contributed by atoms with Gasteiger partial charge in [-0.3, -0.25) is 0 Å². The summed E-state index contributed by atoms with van der Waals surface area (Å²) >= 11 is 2.96. The molecule has 0 amide bonds. The zero-order chi connectivity index (χ0) is 12.3. The Morgan fingerprint density at radius 2 is 2.12 bits per heavy atom. The molecule has 0 aliphatic heterocycles. The summed E-state index contributed by atoms with van der Waals surface area (Å²) in [5, 5.41) is 9.49. The average Bonchev–Trinajstić information content (AvgIpc) is 2.19. The topological polar surface area (TPSA) is 51.6 Å². The Morgan fingerprint density at radius 3 is 2.56 bits per heavy atom. The van der Waals surface area contributed by atoms with Gasteiger partial charge in [0.15, 0.2) is 5.75 Å². The molecule has 0 aliphatic rings. The predicted octanol–water partition coefficient (Wildman–Crippen LogP) is 2.59. The van der Waals surface area contributed by atoms with E-state index in [1.807, 2.05) is 0 Å². The van der Waals surface area contributed by atoms with Crippen molar-refractivity contribution in [1.82, 2.24) is 4.98 Å². The maximum Gasteiger partial charge on any atom is 0.573 e. The van der Waals surface area contributed by atoms with Gasteiger partial charge < -0.3 is 14.6 Å². The minimum absolute atomic E-state index is 0.0585. The van der Waals surface area contributed by atoms with Crippen molar-refractivity contribution in [3.8, 4) is 17.4 Å². The molecule has 0 aliphatic carbocycles. The van der Waals surface area contributed by atoms with E-state index < -0.39 is 17.9 Å². The Kier molecular flexibility index (Phi) is 3.84. The number of aromatic hydroxyl groups is 1. The maximum absolute atomic E-state index is 12.1. The maximum atomic E-state index is 12.1. The highest BCUT2D eigenvalue weighted by atomic mass is 79.9. The minimum atomic E-state index is -4.89. The van der Waals surface area contributed by atoms with Crippen molar-refractivity contribution < 1.29 is 27.8 Å². The van der Waals surface area contributed by atoms with Gasteiger partial charge >= 0.3 is 6.36 Å². The second-order valence-corrected chi connectivity index (χ2v) is 3.21. The molecule has 90 valence electrons. The van der Waals surface area contributed by atoms with Gasteiger partial charge in [0, 0.05) is 17.1 Å². The summed E-state index contributed by atoms with van der Waals surface area (Å²) in [6.07, 6.45) is -3.77. The van der Waals surface area contributed by atoms with Crippen LogP contribution >= 0.6 is 15.9 Å². The largest absolute Gasteiger partial charge is 0.573 e. The molecule has 16 heavy (non-hydrogen) atoms. The van der Waals surface area contributed by atoms with Crippen molar-refractivity contribution in [2.24, 2.45) is 0 Å². The Morgan fingerprint density at radius 1 is 1.50 bits per heavy atom. The molecular formula is C8H7BrF3NO3. The highest BCUT2D eigenvalue weighted by Crippen LogP contribution is 2.40. The van der Waals surface area contributed by atoms with E-state index in [0.717, 1.165) is 6.20 Å². The lowest BCUT2D eigenvalue weighted by Crippen LogP contribution is -2.18. The highest BCUT2D eigenvalue weighted by molar-refractivity contribution is 9.08. The monoisotopic (exact) mass is 301 g/mol. The van der Waals surface area contributed by atoms with E-state index in [1.54, 1.807) is 0 Å². The molecule has 1 aromatic rings. The first-order chi connectivity index (χ1) is 7.39. The summed E-state index contributed by atoms with van der Waals surface area (Å²) in [5.41, 5.74) is 0.0654. The van der Waals surface area contributed by atoms with Crippen LogP contribution in [0.25, 0.3) is 0 Å². The van der Waals surface area contributed by atoms with Crippen LogP contribution in [0.15, 0.2) is 6.20 Å². The number of hydrogen-bond donors (Lipinski definition) is 1. The van der Waals surface area contributed by atoms with E-state index in [0.29, 0.717) is 0 Å². The van der Waals surface area contributed by atoms with Crippen LogP contribution in [0, 0.1) is 0 Å². The fourth-order valence-corrected chi connectivity index (χ4v) is 1.38. The van der Waals surface area contributed by atoms with Crippen molar-refractivity contribution >= 4 is 15.9 Å². The molecule has 8 heteroatoms. The second kappa shape index (κ2) is 4.77. The number of rotatable bonds is 3. The molecule has 1 rings (SSSR count). The molecular weight excluding hydrogens is 295 g/mol. The van der Waals surface area contributed by atoms with Crippen molar-refractivity contribution in [2.45, 2.75) is 11.7 Å². The number of hydrogen-bond acceptors (Lipinski definition) is 4. The van der Waals surface area contributed by atoms with Crippen LogP contribution in [-0.4, -0.2) is 23.6 Å². The Hall–Kier alpha value is -1.18. The van der Waals surface area contributed by atoms with Crippen LogP contribution in [-0.2, 0) is 5.33 Å². The summed E-state index contributed by atoms with van der Waals surface area (Å²) in [6.45, 7) is 0. The van der Waals surface area contributed by atoms with Gasteiger partial charge in [-0.25, -0.2) is 4.98 Å². The molecule has 0 aromatic carbocycles. The van der Waals surface area contributed by atoms with Crippen molar-refractivity contribution in [3.05, 3.63) is 11.8 Å². The molecule has 0 spiro atoms. The van der Waals surface area contributed by atoms with Crippen LogP contribution in [0.2, 0.25) is 0 Å². The standard InChI is InChI=1S/C8H7BrF3NO3/c1-15-7-5(14)6(16-8(10,11)12)4(2-9)3-13-7/h3,14H,2H2,1H3. The van der Waals surface area contributed by atoms with Crippen LogP contribution in [0.1, 0.15) is 5.56 Å². The number of methoxy groups -OCH3 is 1. The van der Waals surface area contributed by atoms with Gasteiger partial charge in [0.25, 0.3) is 5.88 Å². The van der Waals surface area contributed by atoms with Crippen LogP contribution in [0.4, 0.5) is 13.2 Å². The zero-order valence-corrected chi connectivity index (χ0v) is 9.59. The number of alkyl halides is 4. The Balaban J connectivity index is 3.21. The van der Waals surface area contributed by atoms with Crippen LogP contribution in [0.5, 0.6) is 17.4 Å². The lowest BCUT2D eigenvalue weighted by molar-refractivity contribution is -0.275. The molecule has 1 heterocycles. The summed E-state index contributed by atoms with van der Waals surface area (Å²) in [7, 11) is 1.17. The van der Waals surface area contributed by atoms with Gasteiger partial charge in [0.05, 0.1) is 7.11 Å². The molecule has 0 saturated carbocycles. The molecule has 0 fully saturated rings. The first kappa shape index (κ1) is 12.9. The number of aromatic nitrogens is 1. The minimum Gasteiger partial charge on any atom is -0.501 e. The van der Waals surface area contributed by atoms with E-state index in [1.165, 1.54) is 7.11 Å². The molecule has 1 aromatic heterocycles. The Bertz CT molecular complexity index is 384. The van der Waals surface area contributed by atoms with E-state index in [2.05, 4.69) is 30.4 Å². The molecule has 0 saturated heterocycles. The second-order valence-electron chi connectivity index (χ2n) is 2.65. The van der Waals surface area contributed by atoms with Gasteiger partial charge in [0.1, 0.15) is 0 Å². The number of nitrogens with zero attached hydrogens (tertiary/aromatic N) is 1. The van der Waals surface area contributed by atoms with Gasteiger partial charge in [-0.15, -0.1) is 13.2 Å². The SMILES string of the molecule is COc1ncc(CBr)c(OC(F)(F)F)c1O. The first-order valence-electron chi connectivity index (χ1n) is 3.95. The fraction of sp³-hybridized carbons (Fsp3) is 0.375. The zero-order valence-electron chi connectivity index (χ0n) is 8.01. The molecule has 4 nitrogen and oxygen atoms in total. The van der Waals surface area contributed by atoms with E-state index in [9.17, 15) is 18.3 Å². The summed E-state index contributed by atoms with van der Waals surface area (Å²) in [5.74, 6) is -1.82. The predicted molar refractivity (Wildman–Crippen MR) is 51.8 cm³/mol. The smallest absolute Gasteiger partial charge is 0.501 e. The fourth-order valence-electron chi connectivity index (χ4n) is 0.980. The molecule has 1 N–H and O–H groups in total. The van der Waals surface area contributed by atoms with Crippen molar-refractivity contribution in [1.29, 1.82) is 0 Å². The lowest BCUT2D eigenvalue weighted by atomic mass is 10.2. The van der Waals surface area contributed by atoms with Gasteiger partial charge in [-0.05, 0) is 0 Å². The molecule has 0 bridgehead atoms. The quantitative estimate of drug-likeness (QED) is 0.872.